The van der Waals surface area contributed by atoms with Crippen molar-refractivity contribution in [3.63, 3.8) is 0 Å². The van der Waals surface area contributed by atoms with Gasteiger partial charge in [-0.3, -0.25) is 4.98 Å². The van der Waals surface area contributed by atoms with Crippen LogP contribution in [0.2, 0.25) is 0 Å². The van der Waals surface area contributed by atoms with Crippen molar-refractivity contribution >= 4 is 6.09 Å². The summed E-state index contributed by atoms with van der Waals surface area (Å²) in [4.78, 5) is 17.6. The minimum absolute atomic E-state index is 0.184. The second kappa shape index (κ2) is 6.52. The van der Waals surface area contributed by atoms with Crippen LogP contribution in [0, 0.1) is 0 Å². The zero-order valence-electron chi connectivity index (χ0n) is 11.5. The maximum atomic E-state index is 11.5. The molecule has 0 saturated carbocycles. The molecule has 1 aromatic rings. The molecule has 0 bridgehead atoms. The van der Waals surface area contributed by atoms with Crippen molar-refractivity contribution in [2.45, 2.75) is 31.8 Å². The smallest absolute Gasteiger partial charge is 0.409 e. The van der Waals surface area contributed by atoms with Crippen LogP contribution in [0.1, 0.15) is 31.5 Å². The van der Waals surface area contributed by atoms with Crippen LogP contribution < -0.4 is 5.32 Å². The topological polar surface area (TPSA) is 54.5 Å². The molecule has 1 aliphatic heterocycles. The third-order valence-electron chi connectivity index (χ3n) is 3.47. The normalized spacial score (nSPS) is 20.9. The molecule has 1 aromatic heterocycles. The van der Waals surface area contributed by atoms with E-state index in [2.05, 4.69) is 17.2 Å². The number of hydrogen-bond donors (Lipinski definition) is 1. The maximum absolute atomic E-state index is 11.5. The highest BCUT2D eigenvalue weighted by molar-refractivity contribution is 5.67. The zero-order valence-corrected chi connectivity index (χ0v) is 11.5. The first-order valence-corrected chi connectivity index (χ1v) is 6.70. The standard InChI is InChI=1S/C14H21N3O2/c1-11(13-7-3-4-8-15-13)16-12-6-5-9-17(10-12)14(18)19-2/h3-4,7-8,11-12,16H,5-6,9-10H2,1-2H3/t11-,12-/m1/s1. The molecule has 0 unspecified atom stereocenters. The molecule has 2 rings (SSSR count). The molecule has 5 heteroatoms. The number of likely N-dealkylation sites (tertiary alicyclic amines) is 1. The summed E-state index contributed by atoms with van der Waals surface area (Å²) in [5, 5.41) is 3.53. The molecule has 2 heterocycles. The number of aromatic nitrogens is 1. The van der Waals surface area contributed by atoms with E-state index in [0.717, 1.165) is 25.1 Å². The van der Waals surface area contributed by atoms with Crippen LogP contribution in [0.15, 0.2) is 24.4 Å². The van der Waals surface area contributed by atoms with Gasteiger partial charge >= 0.3 is 6.09 Å². The first-order valence-electron chi connectivity index (χ1n) is 6.70. The summed E-state index contributed by atoms with van der Waals surface area (Å²) in [5.41, 5.74) is 1.03. The van der Waals surface area contributed by atoms with Gasteiger partial charge in [0.1, 0.15) is 0 Å². The fraction of sp³-hybridized carbons (Fsp3) is 0.571. The quantitative estimate of drug-likeness (QED) is 0.905. The fourth-order valence-corrected chi connectivity index (χ4v) is 2.48. The number of nitrogens with one attached hydrogen (secondary N) is 1. The number of nitrogens with zero attached hydrogens (tertiary/aromatic N) is 2. The first kappa shape index (κ1) is 13.8. The molecule has 1 aliphatic rings. The average molecular weight is 263 g/mol. The Bertz CT molecular complexity index is 410. The summed E-state index contributed by atoms with van der Waals surface area (Å²) in [5.74, 6) is 0. The van der Waals surface area contributed by atoms with E-state index in [9.17, 15) is 4.79 Å². The third kappa shape index (κ3) is 3.67. The lowest BCUT2D eigenvalue weighted by molar-refractivity contribution is 0.106. The van der Waals surface area contributed by atoms with Crippen LogP contribution in [0.3, 0.4) is 0 Å². The lowest BCUT2D eigenvalue weighted by Gasteiger charge is -2.33. The van der Waals surface area contributed by atoms with Crippen molar-refractivity contribution < 1.29 is 9.53 Å². The van der Waals surface area contributed by atoms with Crippen molar-refractivity contribution in [3.8, 4) is 0 Å². The zero-order chi connectivity index (χ0) is 13.7. The summed E-state index contributed by atoms with van der Waals surface area (Å²) in [6.07, 6.45) is 3.64. The Kier molecular flexibility index (Phi) is 4.74. The Labute approximate surface area is 114 Å². The second-order valence-electron chi connectivity index (χ2n) is 4.90. The molecule has 1 fully saturated rings. The van der Waals surface area contributed by atoms with Gasteiger partial charge in [0, 0.05) is 31.4 Å². The van der Waals surface area contributed by atoms with Crippen molar-refractivity contribution in [2.24, 2.45) is 0 Å². The van der Waals surface area contributed by atoms with E-state index in [1.165, 1.54) is 7.11 Å². The van der Waals surface area contributed by atoms with E-state index in [4.69, 9.17) is 4.74 Å². The van der Waals surface area contributed by atoms with Gasteiger partial charge in [-0.05, 0) is 31.9 Å². The maximum Gasteiger partial charge on any atom is 0.409 e. The Morgan fingerprint density at radius 1 is 1.58 bits per heavy atom. The van der Waals surface area contributed by atoms with Gasteiger partial charge in [-0.1, -0.05) is 6.07 Å². The summed E-state index contributed by atoms with van der Waals surface area (Å²) in [7, 11) is 1.43. The van der Waals surface area contributed by atoms with Crippen LogP contribution in [-0.4, -0.2) is 42.2 Å². The number of ether oxygens (including phenoxy) is 1. The number of amides is 1. The third-order valence-corrected chi connectivity index (χ3v) is 3.47. The van der Waals surface area contributed by atoms with Crippen molar-refractivity contribution in [3.05, 3.63) is 30.1 Å². The summed E-state index contributed by atoms with van der Waals surface area (Å²) >= 11 is 0. The van der Waals surface area contributed by atoms with E-state index in [1.807, 2.05) is 18.2 Å². The summed E-state index contributed by atoms with van der Waals surface area (Å²) < 4.78 is 4.77. The van der Waals surface area contributed by atoms with Crippen LogP contribution >= 0.6 is 0 Å². The molecule has 1 amide bonds. The predicted molar refractivity (Wildman–Crippen MR) is 72.8 cm³/mol. The largest absolute Gasteiger partial charge is 0.453 e. The highest BCUT2D eigenvalue weighted by atomic mass is 16.5. The van der Waals surface area contributed by atoms with Crippen molar-refractivity contribution in [2.75, 3.05) is 20.2 Å². The number of methoxy groups -OCH3 is 1. The monoisotopic (exact) mass is 263 g/mol. The van der Waals surface area contributed by atoms with E-state index >= 15 is 0 Å². The average Bonchev–Trinajstić information content (AvgIpc) is 2.47. The fourth-order valence-electron chi connectivity index (χ4n) is 2.48. The van der Waals surface area contributed by atoms with Gasteiger partial charge in [-0.25, -0.2) is 4.79 Å². The molecule has 0 aromatic carbocycles. The molecule has 5 nitrogen and oxygen atoms in total. The van der Waals surface area contributed by atoms with E-state index in [1.54, 1.807) is 11.1 Å². The minimum atomic E-state index is -0.239. The molecule has 19 heavy (non-hydrogen) atoms. The number of carbonyl (C=O) groups excluding carboxylic acids is 1. The van der Waals surface area contributed by atoms with Crippen LogP contribution in [0.4, 0.5) is 4.79 Å². The molecule has 104 valence electrons. The van der Waals surface area contributed by atoms with Gasteiger partial charge in [0.25, 0.3) is 0 Å². The predicted octanol–water partition coefficient (Wildman–Crippen LogP) is 1.96. The summed E-state index contributed by atoms with van der Waals surface area (Å²) in [6.45, 7) is 3.58. The molecule has 2 atom stereocenters. The lowest BCUT2D eigenvalue weighted by atomic mass is 10.0. The van der Waals surface area contributed by atoms with Crippen molar-refractivity contribution in [1.82, 2.24) is 15.2 Å². The molecular formula is C14H21N3O2. The number of piperidine rings is 1. The van der Waals surface area contributed by atoms with Gasteiger partial charge in [0.05, 0.1) is 12.8 Å². The number of carbonyl (C=O) groups is 1. The van der Waals surface area contributed by atoms with E-state index < -0.39 is 0 Å². The minimum Gasteiger partial charge on any atom is -0.453 e. The van der Waals surface area contributed by atoms with Gasteiger partial charge in [-0.15, -0.1) is 0 Å². The summed E-state index contributed by atoms with van der Waals surface area (Å²) in [6, 6.07) is 6.39. The molecule has 0 radical (unpaired) electrons. The Balaban J connectivity index is 1.90. The number of hydrogen-bond acceptors (Lipinski definition) is 4. The Hall–Kier alpha value is -1.62. The van der Waals surface area contributed by atoms with Crippen LogP contribution in [0.25, 0.3) is 0 Å². The lowest BCUT2D eigenvalue weighted by Crippen LogP contribution is -2.48. The van der Waals surface area contributed by atoms with E-state index in [0.29, 0.717) is 12.6 Å². The van der Waals surface area contributed by atoms with Crippen LogP contribution in [-0.2, 0) is 4.74 Å². The molecule has 0 spiro atoms. The van der Waals surface area contributed by atoms with Gasteiger partial charge < -0.3 is 15.0 Å². The Morgan fingerprint density at radius 3 is 3.11 bits per heavy atom. The van der Waals surface area contributed by atoms with E-state index in [-0.39, 0.29) is 12.1 Å². The number of pyridine rings is 1. The highest BCUT2D eigenvalue weighted by Gasteiger charge is 2.25. The molecule has 1 N–H and O–H groups in total. The van der Waals surface area contributed by atoms with Crippen LogP contribution in [0.5, 0.6) is 0 Å². The molecule has 0 aliphatic carbocycles. The van der Waals surface area contributed by atoms with Gasteiger partial charge in [-0.2, -0.15) is 0 Å². The highest BCUT2D eigenvalue weighted by Crippen LogP contribution is 2.16. The second-order valence-corrected chi connectivity index (χ2v) is 4.90. The molecule has 1 saturated heterocycles. The van der Waals surface area contributed by atoms with Gasteiger partial charge in [0.2, 0.25) is 0 Å². The Morgan fingerprint density at radius 2 is 2.42 bits per heavy atom. The number of rotatable bonds is 3. The SMILES string of the molecule is COC(=O)N1CCC[C@@H](N[C@H](C)c2ccccn2)C1. The van der Waals surface area contributed by atoms with Crippen molar-refractivity contribution in [1.29, 1.82) is 0 Å². The molecular weight excluding hydrogens is 242 g/mol. The first-order chi connectivity index (χ1) is 9.20. The van der Waals surface area contributed by atoms with Gasteiger partial charge in [0.15, 0.2) is 0 Å².